The van der Waals surface area contributed by atoms with Gasteiger partial charge in [0.15, 0.2) is 0 Å². The van der Waals surface area contributed by atoms with Crippen LogP contribution in [0, 0.1) is 0 Å². The Morgan fingerprint density at radius 2 is 1.40 bits per heavy atom. The lowest BCUT2D eigenvalue weighted by atomic mass is 9.75. The highest BCUT2D eigenvalue weighted by Crippen LogP contribution is 2.48. The summed E-state index contributed by atoms with van der Waals surface area (Å²) in [5, 5.41) is 0. The predicted molar refractivity (Wildman–Crippen MR) is 101 cm³/mol. The minimum Gasteiger partial charge on any atom is -0.395 e. The first-order valence-electron chi connectivity index (χ1n) is 8.31. The first-order valence-corrected chi connectivity index (χ1v) is 9.81. The molecule has 0 saturated carbocycles. The van der Waals surface area contributed by atoms with Gasteiger partial charge in [0.2, 0.25) is 0 Å². The molecule has 0 fully saturated rings. The van der Waals surface area contributed by atoms with E-state index in [0.29, 0.717) is 5.75 Å². The van der Waals surface area contributed by atoms with Gasteiger partial charge in [-0.15, -0.1) is 0 Å². The van der Waals surface area contributed by atoms with Gasteiger partial charge in [-0.05, 0) is 34.6 Å². The van der Waals surface area contributed by atoms with Gasteiger partial charge >= 0.3 is 7.82 Å². The predicted octanol–water partition coefficient (Wildman–Crippen LogP) is 5.84. The van der Waals surface area contributed by atoms with E-state index in [1.807, 2.05) is 12.1 Å². The fraction of sp³-hybridized carbons (Fsp3) is 0.400. The maximum absolute atomic E-state index is 12.5. The Balaban J connectivity index is 2.44. The molecule has 0 heterocycles. The molecule has 2 aromatic rings. The van der Waals surface area contributed by atoms with Crippen molar-refractivity contribution in [2.45, 2.75) is 52.4 Å². The van der Waals surface area contributed by atoms with Gasteiger partial charge < -0.3 is 9.05 Å². The zero-order chi connectivity index (χ0) is 18.9. The highest BCUT2D eigenvalue weighted by atomic mass is 31.2. The number of phosphoric ester groups is 1. The van der Waals surface area contributed by atoms with E-state index in [1.54, 1.807) is 36.4 Å². The number of phosphoric acid groups is 1. The number of para-hydroxylation sites is 1. The topological polar surface area (TPSA) is 55.8 Å². The molecule has 25 heavy (non-hydrogen) atoms. The van der Waals surface area contributed by atoms with Crippen molar-refractivity contribution in [3.63, 3.8) is 0 Å². The van der Waals surface area contributed by atoms with Crippen LogP contribution in [0.2, 0.25) is 0 Å². The Morgan fingerprint density at radius 1 is 0.800 bits per heavy atom. The molecule has 4 nitrogen and oxygen atoms in total. The summed E-state index contributed by atoms with van der Waals surface area (Å²) in [6.45, 7) is 12.5. The average Bonchev–Trinajstić information content (AvgIpc) is 2.45. The maximum atomic E-state index is 12.5. The SMILES string of the molecule is CC(C)(C)c1cccc(OP(=O)(O)Oc2ccccc2)c1C(C)(C)C. The van der Waals surface area contributed by atoms with E-state index in [0.717, 1.165) is 11.1 Å². The van der Waals surface area contributed by atoms with Crippen LogP contribution < -0.4 is 9.05 Å². The first kappa shape index (κ1) is 19.6. The Labute approximate surface area is 150 Å². The number of hydrogen-bond donors (Lipinski definition) is 1. The van der Waals surface area contributed by atoms with Crippen LogP contribution in [-0.4, -0.2) is 4.89 Å². The second-order valence-electron chi connectivity index (χ2n) is 8.14. The van der Waals surface area contributed by atoms with Crippen molar-refractivity contribution < 1.29 is 18.5 Å². The lowest BCUT2D eigenvalue weighted by molar-refractivity contribution is 0.288. The first-order chi connectivity index (χ1) is 11.4. The van der Waals surface area contributed by atoms with Gasteiger partial charge in [0.25, 0.3) is 0 Å². The monoisotopic (exact) mass is 362 g/mol. The van der Waals surface area contributed by atoms with Crippen molar-refractivity contribution in [1.29, 1.82) is 0 Å². The molecule has 2 rings (SSSR count). The molecule has 0 aliphatic heterocycles. The molecular formula is C20H27O4P. The van der Waals surface area contributed by atoms with Crippen LogP contribution in [0.5, 0.6) is 11.5 Å². The van der Waals surface area contributed by atoms with Crippen molar-refractivity contribution in [3.8, 4) is 11.5 Å². The third-order valence-corrected chi connectivity index (χ3v) is 4.63. The van der Waals surface area contributed by atoms with Crippen LogP contribution in [-0.2, 0) is 15.4 Å². The fourth-order valence-corrected chi connectivity index (χ4v) is 3.59. The molecule has 0 aliphatic carbocycles. The Kier molecular flexibility index (Phi) is 5.36. The van der Waals surface area contributed by atoms with Gasteiger partial charge in [-0.2, -0.15) is 0 Å². The summed E-state index contributed by atoms with van der Waals surface area (Å²) in [6.07, 6.45) is 0. The summed E-state index contributed by atoms with van der Waals surface area (Å²) < 4.78 is 23.2. The molecule has 0 aromatic heterocycles. The number of rotatable bonds is 4. The van der Waals surface area contributed by atoms with Crippen molar-refractivity contribution in [2.24, 2.45) is 0 Å². The molecule has 0 amide bonds. The molecule has 0 aliphatic rings. The Hall–Kier alpha value is -1.77. The van der Waals surface area contributed by atoms with Gasteiger partial charge in [-0.25, -0.2) is 4.57 Å². The van der Waals surface area contributed by atoms with E-state index in [2.05, 4.69) is 41.5 Å². The second kappa shape index (κ2) is 6.86. The molecule has 0 radical (unpaired) electrons. The van der Waals surface area contributed by atoms with Crippen LogP contribution in [0.1, 0.15) is 52.7 Å². The van der Waals surface area contributed by atoms with E-state index < -0.39 is 7.82 Å². The van der Waals surface area contributed by atoms with Crippen LogP contribution >= 0.6 is 7.82 Å². The summed E-state index contributed by atoms with van der Waals surface area (Å²) in [7, 11) is -4.30. The lowest BCUT2D eigenvalue weighted by Gasteiger charge is -2.32. The number of benzene rings is 2. The zero-order valence-electron chi connectivity index (χ0n) is 15.7. The molecule has 136 valence electrons. The summed E-state index contributed by atoms with van der Waals surface area (Å²) in [6, 6.07) is 14.1. The molecule has 2 aromatic carbocycles. The quantitative estimate of drug-likeness (QED) is 0.694. The van der Waals surface area contributed by atoms with E-state index in [9.17, 15) is 9.46 Å². The molecular weight excluding hydrogens is 335 g/mol. The Morgan fingerprint density at radius 3 is 1.92 bits per heavy atom. The van der Waals surface area contributed by atoms with Gasteiger partial charge in [0, 0.05) is 5.56 Å². The van der Waals surface area contributed by atoms with Crippen molar-refractivity contribution >= 4 is 7.82 Å². The third kappa shape index (κ3) is 5.10. The van der Waals surface area contributed by atoms with Gasteiger partial charge in [0.05, 0.1) is 0 Å². The average molecular weight is 362 g/mol. The van der Waals surface area contributed by atoms with Crippen molar-refractivity contribution in [2.75, 3.05) is 0 Å². The van der Waals surface area contributed by atoms with E-state index in [-0.39, 0.29) is 16.6 Å². The molecule has 0 spiro atoms. The molecule has 1 N–H and O–H groups in total. The van der Waals surface area contributed by atoms with Gasteiger partial charge in [0.1, 0.15) is 11.5 Å². The van der Waals surface area contributed by atoms with Crippen LogP contribution in [0.4, 0.5) is 0 Å². The summed E-state index contributed by atoms with van der Waals surface area (Å²) in [5.41, 5.74) is 1.61. The van der Waals surface area contributed by atoms with Crippen LogP contribution in [0.25, 0.3) is 0 Å². The van der Waals surface area contributed by atoms with Crippen LogP contribution in [0.15, 0.2) is 48.5 Å². The molecule has 0 bridgehead atoms. The minimum atomic E-state index is -4.30. The molecule has 1 unspecified atom stereocenters. The van der Waals surface area contributed by atoms with Crippen LogP contribution in [0.3, 0.4) is 0 Å². The van der Waals surface area contributed by atoms with Crippen molar-refractivity contribution in [1.82, 2.24) is 0 Å². The summed E-state index contributed by atoms with van der Waals surface area (Å²) >= 11 is 0. The van der Waals surface area contributed by atoms with Gasteiger partial charge in [-0.3, -0.25) is 4.89 Å². The largest absolute Gasteiger partial charge is 0.584 e. The van der Waals surface area contributed by atoms with Crippen molar-refractivity contribution in [3.05, 3.63) is 59.7 Å². The fourth-order valence-electron chi connectivity index (χ4n) is 2.76. The maximum Gasteiger partial charge on any atom is 0.584 e. The van der Waals surface area contributed by atoms with Gasteiger partial charge in [-0.1, -0.05) is 71.9 Å². The molecule has 1 atom stereocenters. The van der Waals surface area contributed by atoms with E-state index >= 15 is 0 Å². The van der Waals surface area contributed by atoms with E-state index in [1.165, 1.54) is 0 Å². The van der Waals surface area contributed by atoms with E-state index in [4.69, 9.17) is 9.05 Å². The standard InChI is InChI=1S/C20H27O4P/c1-19(2,3)16-13-10-14-17(18(16)20(4,5)6)24-25(21,22)23-15-11-8-7-9-12-15/h7-14H,1-6H3,(H,21,22). The smallest absolute Gasteiger partial charge is 0.395 e. The highest BCUT2D eigenvalue weighted by Gasteiger charge is 2.32. The zero-order valence-corrected chi connectivity index (χ0v) is 16.6. The number of hydrogen-bond acceptors (Lipinski definition) is 3. The Bertz CT molecular complexity index is 771. The molecule has 5 heteroatoms. The normalized spacial score (nSPS) is 14.7. The minimum absolute atomic E-state index is 0.123. The molecule has 0 saturated heterocycles. The third-order valence-electron chi connectivity index (χ3n) is 3.76. The summed E-state index contributed by atoms with van der Waals surface area (Å²) in [5.74, 6) is 0.666. The highest BCUT2D eigenvalue weighted by molar-refractivity contribution is 7.48. The lowest BCUT2D eigenvalue weighted by Crippen LogP contribution is -2.23. The summed E-state index contributed by atoms with van der Waals surface area (Å²) in [4.78, 5) is 10.2. The second-order valence-corrected chi connectivity index (χ2v) is 9.45.